The van der Waals surface area contributed by atoms with Crippen molar-refractivity contribution in [2.75, 3.05) is 5.73 Å². The van der Waals surface area contributed by atoms with E-state index in [2.05, 4.69) is 5.10 Å². The first-order valence-electron chi connectivity index (χ1n) is 4.12. The van der Waals surface area contributed by atoms with Gasteiger partial charge in [0.15, 0.2) is 0 Å². The van der Waals surface area contributed by atoms with E-state index in [1.54, 1.807) is 10.9 Å². The number of rotatable bonds is 1. The Labute approximate surface area is 89.0 Å². The van der Waals surface area contributed by atoms with E-state index in [4.69, 9.17) is 5.73 Å². The molecule has 0 radical (unpaired) electrons. The van der Waals surface area contributed by atoms with Crippen LogP contribution in [0, 0.1) is 0 Å². The van der Waals surface area contributed by atoms with Crippen molar-refractivity contribution in [3.63, 3.8) is 0 Å². The van der Waals surface area contributed by atoms with Crippen molar-refractivity contribution in [2.24, 2.45) is 7.05 Å². The smallest absolute Gasteiger partial charge is 0.0908 e. The molecular weight excluding hydrogens is 198 g/mol. The van der Waals surface area contributed by atoms with Crippen molar-refractivity contribution in [3.8, 4) is 11.3 Å². The lowest BCUT2D eigenvalue weighted by Crippen LogP contribution is -1.95. The number of anilines is 1. The molecule has 0 atom stereocenters. The molecule has 1 aromatic heterocycles. The average Bonchev–Trinajstić information content (AvgIpc) is 2.48. The summed E-state index contributed by atoms with van der Waals surface area (Å²) in [5.41, 5.74) is 8.58. The molecule has 0 bridgehead atoms. The molecule has 1 heterocycles. The van der Waals surface area contributed by atoms with Gasteiger partial charge in [0.05, 0.1) is 17.6 Å². The zero-order valence-corrected chi connectivity index (χ0v) is 8.66. The SMILES string of the molecule is Cl.Cn1ncc(N)c1-c1ccccc1. The summed E-state index contributed by atoms with van der Waals surface area (Å²) < 4.78 is 1.78. The highest BCUT2D eigenvalue weighted by molar-refractivity contribution is 5.85. The summed E-state index contributed by atoms with van der Waals surface area (Å²) in [5.74, 6) is 0. The molecule has 0 aliphatic carbocycles. The normalized spacial score (nSPS) is 9.50. The number of aryl methyl sites for hydroxylation is 1. The summed E-state index contributed by atoms with van der Waals surface area (Å²) in [4.78, 5) is 0. The molecule has 0 spiro atoms. The van der Waals surface area contributed by atoms with Crippen LogP contribution in [-0.4, -0.2) is 9.78 Å². The molecule has 2 aromatic rings. The maximum Gasteiger partial charge on any atom is 0.0908 e. The second kappa shape index (κ2) is 4.15. The predicted octanol–water partition coefficient (Wildman–Crippen LogP) is 2.09. The van der Waals surface area contributed by atoms with E-state index in [1.165, 1.54) is 0 Å². The second-order valence-corrected chi connectivity index (χ2v) is 2.94. The standard InChI is InChI=1S/C10H11N3.ClH/c1-13-10(9(11)7-12-13)8-5-3-2-4-6-8;/h2-7H,11H2,1H3;1H. The zero-order valence-electron chi connectivity index (χ0n) is 7.84. The van der Waals surface area contributed by atoms with Gasteiger partial charge in [-0.15, -0.1) is 12.4 Å². The van der Waals surface area contributed by atoms with Crippen LogP contribution in [0.3, 0.4) is 0 Å². The van der Waals surface area contributed by atoms with Gasteiger partial charge in [0.25, 0.3) is 0 Å². The number of hydrogen-bond acceptors (Lipinski definition) is 2. The molecule has 2 N–H and O–H groups in total. The summed E-state index contributed by atoms with van der Waals surface area (Å²) in [7, 11) is 1.89. The van der Waals surface area contributed by atoms with Gasteiger partial charge in [0.1, 0.15) is 0 Å². The van der Waals surface area contributed by atoms with Crippen LogP contribution in [0.1, 0.15) is 0 Å². The van der Waals surface area contributed by atoms with Crippen molar-refractivity contribution in [1.82, 2.24) is 9.78 Å². The number of nitrogen functional groups attached to an aromatic ring is 1. The summed E-state index contributed by atoms with van der Waals surface area (Å²) in [6.07, 6.45) is 1.67. The van der Waals surface area contributed by atoms with Gasteiger partial charge in [-0.3, -0.25) is 4.68 Å². The third kappa shape index (κ3) is 1.72. The quantitative estimate of drug-likeness (QED) is 0.782. The molecule has 0 amide bonds. The largest absolute Gasteiger partial charge is 0.396 e. The first kappa shape index (κ1) is 10.6. The number of nitrogens with zero attached hydrogens (tertiary/aromatic N) is 2. The van der Waals surface area contributed by atoms with Crippen LogP contribution in [-0.2, 0) is 7.05 Å². The van der Waals surface area contributed by atoms with Crippen LogP contribution >= 0.6 is 12.4 Å². The van der Waals surface area contributed by atoms with Crippen LogP contribution < -0.4 is 5.73 Å². The minimum Gasteiger partial charge on any atom is -0.396 e. The molecule has 0 saturated carbocycles. The summed E-state index contributed by atoms with van der Waals surface area (Å²) >= 11 is 0. The fourth-order valence-electron chi connectivity index (χ4n) is 1.40. The van der Waals surface area contributed by atoms with E-state index in [1.807, 2.05) is 37.4 Å². The van der Waals surface area contributed by atoms with Gasteiger partial charge in [0, 0.05) is 12.6 Å². The molecule has 3 nitrogen and oxygen atoms in total. The Morgan fingerprint density at radius 1 is 1.21 bits per heavy atom. The topological polar surface area (TPSA) is 43.8 Å². The van der Waals surface area contributed by atoms with E-state index in [0.29, 0.717) is 5.69 Å². The lowest BCUT2D eigenvalue weighted by Gasteiger charge is -2.02. The van der Waals surface area contributed by atoms with Gasteiger partial charge >= 0.3 is 0 Å². The van der Waals surface area contributed by atoms with Crippen molar-refractivity contribution < 1.29 is 0 Å². The number of aromatic nitrogens is 2. The first-order chi connectivity index (χ1) is 6.29. The Morgan fingerprint density at radius 2 is 1.86 bits per heavy atom. The van der Waals surface area contributed by atoms with Crippen LogP contribution in [0.2, 0.25) is 0 Å². The molecule has 0 aliphatic rings. The molecule has 0 unspecified atom stereocenters. The van der Waals surface area contributed by atoms with Crippen LogP contribution in [0.25, 0.3) is 11.3 Å². The second-order valence-electron chi connectivity index (χ2n) is 2.94. The third-order valence-electron chi connectivity index (χ3n) is 2.01. The number of nitrogens with two attached hydrogens (primary N) is 1. The number of hydrogen-bond donors (Lipinski definition) is 1. The van der Waals surface area contributed by atoms with Gasteiger partial charge in [-0.25, -0.2) is 0 Å². The van der Waals surface area contributed by atoms with Gasteiger partial charge in [0.2, 0.25) is 0 Å². The lowest BCUT2D eigenvalue weighted by atomic mass is 10.1. The van der Waals surface area contributed by atoms with Gasteiger partial charge in [-0.2, -0.15) is 5.10 Å². The molecule has 0 fully saturated rings. The Hall–Kier alpha value is -1.48. The minimum atomic E-state index is 0. The number of benzene rings is 1. The fourth-order valence-corrected chi connectivity index (χ4v) is 1.40. The lowest BCUT2D eigenvalue weighted by molar-refractivity contribution is 0.776. The van der Waals surface area contributed by atoms with E-state index in [9.17, 15) is 0 Å². The van der Waals surface area contributed by atoms with Crippen molar-refractivity contribution in [1.29, 1.82) is 0 Å². The molecule has 1 aromatic carbocycles. The van der Waals surface area contributed by atoms with Crippen molar-refractivity contribution in [2.45, 2.75) is 0 Å². The highest BCUT2D eigenvalue weighted by atomic mass is 35.5. The zero-order chi connectivity index (χ0) is 9.26. The maximum atomic E-state index is 5.79. The molecule has 74 valence electrons. The van der Waals surface area contributed by atoms with E-state index < -0.39 is 0 Å². The average molecular weight is 210 g/mol. The molecule has 0 saturated heterocycles. The highest BCUT2D eigenvalue weighted by Gasteiger charge is 2.06. The van der Waals surface area contributed by atoms with Crippen molar-refractivity contribution in [3.05, 3.63) is 36.5 Å². The summed E-state index contributed by atoms with van der Waals surface area (Å²) in [6, 6.07) is 10.0. The van der Waals surface area contributed by atoms with Crippen LogP contribution in [0.4, 0.5) is 5.69 Å². The Bertz CT molecular complexity index is 389. The molecule has 2 rings (SSSR count). The van der Waals surface area contributed by atoms with Crippen LogP contribution in [0.15, 0.2) is 36.5 Å². The summed E-state index contributed by atoms with van der Waals surface area (Å²) in [5, 5.41) is 4.08. The van der Waals surface area contributed by atoms with Gasteiger partial charge < -0.3 is 5.73 Å². The highest BCUT2D eigenvalue weighted by Crippen LogP contribution is 2.23. The van der Waals surface area contributed by atoms with Gasteiger partial charge in [-0.1, -0.05) is 30.3 Å². The fraction of sp³-hybridized carbons (Fsp3) is 0.100. The van der Waals surface area contributed by atoms with Crippen molar-refractivity contribution >= 4 is 18.1 Å². The Kier molecular flexibility index (Phi) is 3.14. The Balaban J connectivity index is 0.000000980. The maximum absolute atomic E-state index is 5.79. The van der Waals surface area contributed by atoms with Crippen LogP contribution in [0.5, 0.6) is 0 Å². The van der Waals surface area contributed by atoms with Gasteiger partial charge in [-0.05, 0) is 0 Å². The number of halogens is 1. The van der Waals surface area contributed by atoms with E-state index in [0.717, 1.165) is 11.3 Å². The first-order valence-corrected chi connectivity index (χ1v) is 4.12. The molecule has 4 heteroatoms. The van der Waals surface area contributed by atoms with E-state index in [-0.39, 0.29) is 12.4 Å². The van der Waals surface area contributed by atoms with E-state index >= 15 is 0 Å². The molecular formula is C10H12ClN3. The summed E-state index contributed by atoms with van der Waals surface area (Å²) in [6.45, 7) is 0. The predicted molar refractivity (Wildman–Crippen MR) is 60.3 cm³/mol. The third-order valence-corrected chi connectivity index (χ3v) is 2.01. The molecule has 0 aliphatic heterocycles. The monoisotopic (exact) mass is 209 g/mol. The molecule has 14 heavy (non-hydrogen) atoms. The minimum absolute atomic E-state index is 0. The Morgan fingerprint density at radius 3 is 2.36 bits per heavy atom.